The Labute approximate surface area is 117 Å². The van der Waals surface area contributed by atoms with Crippen molar-refractivity contribution in [3.63, 3.8) is 0 Å². The molecule has 20 heavy (non-hydrogen) atoms. The second-order valence-corrected chi connectivity index (χ2v) is 4.21. The molecule has 0 aromatic carbocycles. The van der Waals surface area contributed by atoms with Gasteiger partial charge in [-0.15, -0.1) is 10.2 Å². The maximum Gasteiger partial charge on any atom is 0.271 e. The van der Waals surface area contributed by atoms with Crippen molar-refractivity contribution in [2.45, 2.75) is 19.9 Å². The SMILES string of the molecule is CCNc1ccc(C(=O)NCCCn2cccn2)nn1. The largest absolute Gasteiger partial charge is 0.369 e. The molecule has 0 aliphatic rings. The molecule has 7 heteroatoms. The summed E-state index contributed by atoms with van der Waals surface area (Å²) in [5, 5.41) is 17.7. The Morgan fingerprint density at radius 3 is 2.90 bits per heavy atom. The van der Waals surface area contributed by atoms with Crippen molar-refractivity contribution in [1.29, 1.82) is 0 Å². The second kappa shape index (κ2) is 7.22. The van der Waals surface area contributed by atoms with E-state index >= 15 is 0 Å². The molecule has 0 aliphatic heterocycles. The minimum Gasteiger partial charge on any atom is -0.369 e. The van der Waals surface area contributed by atoms with Gasteiger partial charge in [-0.3, -0.25) is 9.48 Å². The van der Waals surface area contributed by atoms with Crippen LogP contribution in [0.1, 0.15) is 23.8 Å². The highest BCUT2D eigenvalue weighted by Gasteiger charge is 2.07. The van der Waals surface area contributed by atoms with Gasteiger partial charge in [0.2, 0.25) is 0 Å². The number of aryl methyl sites for hydroxylation is 1. The van der Waals surface area contributed by atoms with E-state index in [0.29, 0.717) is 18.1 Å². The van der Waals surface area contributed by atoms with E-state index in [2.05, 4.69) is 25.9 Å². The molecule has 2 heterocycles. The average Bonchev–Trinajstić information content (AvgIpc) is 2.98. The third kappa shape index (κ3) is 4.04. The Kier molecular flexibility index (Phi) is 5.05. The summed E-state index contributed by atoms with van der Waals surface area (Å²) in [7, 11) is 0. The van der Waals surface area contributed by atoms with Crippen LogP contribution in [0.2, 0.25) is 0 Å². The summed E-state index contributed by atoms with van der Waals surface area (Å²) in [4.78, 5) is 11.8. The van der Waals surface area contributed by atoms with Crippen LogP contribution in [0.5, 0.6) is 0 Å². The van der Waals surface area contributed by atoms with Crippen molar-refractivity contribution in [2.75, 3.05) is 18.4 Å². The molecular weight excluding hydrogens is 256 g/mol. The summed E-state index contributed by atoms with van der Waals surface area (Å²) in [6, 6.07) is 5.28. The van der Waals surface area contributed by atoms with Gasteiger partial charge >= 0.3 is 0 Å². The molecule has 2 aromatic heterocycles. The molecule has 2 rings (SSSR count). The first-order chi connectivity index (χ1) is 9.79. The van der Waals surface area contributed by atoms with Crippen LogP contribution in [0.3, 0.4) is 0 Å². The number of hydrogen-bond donors (Lipinski definition) is 2. The van der Waals surface area contributed by atoms with Crippen LogP contribution < -0.4 is 10.6 Å². The summed E-state index contributed by atoms with van der Waals surface area (Å²) in [5.41, 5.74) is 0.325. The molecule has 0 bridgehead atoms. The van der Waals surface area contributed by atoms with Crippen LogP contribution in [-0.2, 0) is 6.54 Å². The van der Waals surface area contributed by atoms with Gasteiger partial charge in [0.05, 0.1) is 0 Å². The molecule has 0 saturated heterocycles. The fraction of sp³-hybridized carbons (Fsp3) is 0.385. The molecule has 0 aliphatic carbocycles. The van der Waals surface area contributed by atoms with Crippen LogP contribution in [0.15, 0.2) is 30.6 Å². The Bertz CT molecular complexity index is 522. The van der Waals surface area contributed by atoms with Crippen molar-refractivity contribution >= 4 is 11.7 Å². The molecule has 106 valence electrons. The summed E-state index contributed by atoms with van der Waals surface area (Å²) in [5.74, 6) is 0.462. The first-order valence-corrected chi connectivity index (χ1v) is 6.63. The number of amides is 1. The summed E-state index contributed by atoms with van der Waals surface area (Å²) >= 11 is 0. The number of anilines is 1. The lowest BCUT2D eigenvalue weighted by Gasteiger charge is -2.05. The van der Waals surface area contributed by atoms with Crippen LogP contribution in [0.25, 0.3) is 0 Å². The predicted octanol–water partition coefficient (Wildman–Crippen LogP) is 0.925. The van der Waals surface area contributed by atoms with E-state index in [1.807, 2.05) is 23.9 Å². The van der Waals surface area contributed by atoms with E-state index < -0.39 is 0 Å². The first kappa shape index (κ1) is 14.0. The van der Waals surface area contributed by atoms with E-state index in [1.54, 1.807) is 18.3 Å². The van der Waals surface area contributed by atoms with Gasteiger partial charge in [0.15, 0.2) is 5.69 Å². The quantitative estimate of drug-likeness (QED) is 0.734. The van der Waals surface area contributed by atoms with Crippen LogP contribution in [0, 0.1) is 0 Å². The molecule has 7 nitrogen and oxygen atoms in total. The van der Waals surface area contributed by atoms with E-state index in [4.69, 9.17) is 0 Å². The van der Waals surface area contributed by atoms with Crippen molar-refractivity contribution < 1.29 is 4.79 Å². The van der Waals surface area contributed by atoms with Gasteiger partial charge in [-0.25, -0.2) is 0 Å². The average molecular weight is 274 g/mol. The van der Waals surface area contributed by atoms with E-state index in [9.17, 15) is 4.79 Å². The summed E-state index contributed by atoms with van der Waals surface area (Å²) in [6.45, 7) is 4.10. The second-order valence-electron chi connectivity index (χ2n) is 4.21. The van der Waals surface area contributed by atoms with Gasteiger partial charge in [0.25, 0.3) is 5.91 Å². The molecule has 0 radical (unpaired) electrons. The van der Waals surface area contributed by atoms with E-state index in [-0.39, 0.29) is 5.91 Å². The molecule has 1 amide bonds. The molecule has 0 saturated carbocycles. The highest BCUT2D eigenvalue weighted by Crippen LogP contribution is 2.01. The van der Waals surface area contributed by atoms with Crippen molar-refractivity contribution in [2.24, 2.45) is 0 Å². The van der Waals surface area contributed by atoms with Gasteiger partial charge < -0.3 is 10.6 Å². The molecule has 0 fully saturated rings. The standard InChI is InChI=1S/C13H18N6O/c1-2-14-12-6-5-11(17-18-12)13(20)15-7-3-9-19-10-4-8-16-19/h4-6,8,10H,2-3,7,9H2,1H3,(H,14,18)(H,15,20). The third-order valence-corrected chi connectivity index (χ3v) is 2.66. The maximum atomic E-state index is 11.8. The van der Waals surface area contributed by atoms with Gasteiger partial charge in [-0.1, -0.05) is 0 Å². The molecule has 0 spiro atoms. The van der Waals surface area contributed by atoms with Gasteiger partial charge in [-0.2, -0.15) is 5.10 Å². The smallest absolute Gasteiger partial charge is 0.271 e. The van der Waals surface area contributed by atoms with Crippen molar-refractivity contribution in [1.82, 2.24) is 25.3 Å². The fourth-order valence-electron chi connectivity index (χ4n) is 1.70. The zero-order valence-corrected chi connectivity index (χ0v) is 11.4. The highest BCUT2D eigenvalue weighted by atomic mass is 16.1. The molecule has 0 unspecified atom stereocenters. The minimum absolute atomic E-state index is 0.207. The fourth-order valence-corrected chi connectivity index (χ4v) is 1.70. The normalized spacial score (nSPS) is 10.2. The highest BCUT2D eigenvalue weighted by molar-refractivity contribution is 5.92. The Morgan fingerprint density at radius 2 is 2.25 bits per heavy atom. The third-order valence-electron chi connectivity index (χ3n) is 2.66. The Balaban J connectivity index is 1.73. The van der Waals surface area contributed by atoms with Gasteiger partial charge in [0.1, 0.15) is 5.82 Å². The lowest BCUT2D eigenvalue weighted by Crippen LogP contribution is -2.26. The van der Waals surface area contributed by atoms with Gasteiger partial charge in [0, 0.05) is 32.0 Å². The minimum atomic E-state index is -0.207. The van der Waals surface area contributed by atoms with Crippen molar-refractivity contribution in [3.8, 4) is 0 Å². The zero-order chi connectivity index (χ0) is 14.2. The maximum absolute atomic E-state index is 11.8. The lowest BCUT2D eigenvalue weighted by molar-refractivity contribution is 0.0946. The lowest BCUT2D eigenvalue weighted by atomic mass is 10.3. The number of hydrogen-bond acceptors (Lipinski definition) is 5. The Hall–Kier alpha value is -2.44. The molecular formula is C13H18N6O. The van der Waals surface area contributed by atoms with Crippen LogP contribution >= 0.6 is 0 Å². The molecule has 0 atom stereocenters. The molecule has 2 aromatic rings. The number of aromatic nitrogens is 4. The number of rotatable bonds is 7. The molecule has 2 N–H and O–H groups in total. The first-order valence-electron chi connectivity index (χ1n) is 6.63. The number of carbonyl (C=O) groups is 1. The summed E-state index contributed by atoms with van der Waals surface area (Å²) in [6.07, 6.45) is 4.45. The zero-order valence-electron chi connectivity index (χ0n) is 11.4. The number of carbonyl (C=O) groups excluding carboxylic acids is 1. The predicted molar refractivity (Wildman–Crippen MR) is 75.4 cm³/mol. The summed E-state index contributed by atoms with van der Waals surface area (Å²) < 4.78 is 1.83. The number of nitrogens with zero attached hydrogens (tertiary/aromatic N) is 4. The van der Waals surface area contributed by atoms with Gasteiger partial charge in [-0.05, 0) is 31.5 Å². The van der Waals surface area contributed by atoms with E-state index in [1.165, 1.54) is 0 Å². The monoisotopic (exact) mass is 274 g/mol. The number of nitrogens with one attached hydrogen (secondary N) is 2. The van der Waals surface area contributed by atoms with E-state index in [0.717, 1.165) is 19.5 Å². The van der Waals surface area contributed by atoms with Crippen LogP contribution in [0.4, 0.5) is 5.82 Å². The topological polar surface area (TPSA) is 84.7 Å². The van der Waals surface area contributed by atoms with Crippen LogP contribution in [-0.4, -0.2) is 39.0 Å². The Morgan fingerprint density at radius 1 is 1.35 bits per heavy atom. The van der Waals surface area contributed by atoms with Crippen molar-refractivity contribution in [3.05, 3.63) is 36.3 Å².